The van der Waals surface area contributed by atoms with Crippen molar-refractivity contribution in [2.24, 2.45) is 0 Å². The Labute approximate surface area is 139 Å². The minimum absolute atomic E-state index is 0.117. The maximum Gasteiger partial charge on any atom is 0.257 e. The Hall–Kier alpha value is -3.02. The summed E-state index contributed by atoms with van der Waals surface area (Å²) < 4.78 is 1.82. The second-order valence-corrected chi connectivity index (χ2v) is 5.49. The summed E-state index contributed by atoms with van der Waals surface area (Å²) >= 11 is 0. The highest BCUT2D eigenvalue weighted by molar-refractivity contribution is 5.96. The van der Waals surface area contributed by atoms with Gasteiger partial charge in [-0.3, -0.25) is 14.6 Å². The molecule has 0 fully saturated rings. The number of amides is 1. The van der Waals surface area contributed by atoms with E-state index in [-0.39, 0.29) is 17.5 Å². The lowest BCUT2D eigenvalue weighted by molar-refractivity contribution is 0.0949. The third-order valence-corrected chi connectivity index (χ3v) is 3.80. The predicted molar refractivity (Wildman–Crippen MR) is 91.8 cm³/mol. The first kappa shape index (κ1) is 15.9. The largest absolute Gasteiger partial charge is 0.346 e. The molecule has 0 saturated carbocycles. The van der Waals surface area contributed by atoms with E-state index < -0.39 is 5.91 Å². The number of aryl methyl sites for hydroxylation is 2. The molecule has 3 aromatic heterocycles. The lowest BCUT2D eigenvalue weighted by atomic mass is 10.1. The van der Waals surface area contributed by atoms with Gasteiger partial charge in [-0.25, -0.2) is 4.98 Å². The molecule has 0 unspecified atom stereocenters. The lowest BCUT2D eigenvalue weighted by Crippen LogP contribution is -2.30. The van der Waals surface area contributed by atoms with Crippen molar-refractivity contribution in [2.75, 3.05) is 0 Å². The zero-order valence-corrected chi connectivity index (χ0v) is 13.6. The van der Waals surface area contributed by atoms with Crippen LogP contribution in [0.4, 0.5) is 0 Å². The van der Waals surface area contributed by atoms with Crippen molar-refractivity contribution in [3.05, 3.63) is 69.9 Å². The van der Waals surface area contributed by atoms with Crippen LogP contribution >= 0.6 is 0 Å². The summed E-state index contributed by atoms with van der Waals surface area (Å²) in [7, 11) is 0. The van der Waals surface area contributed by atoms with Gasteiger partial charge in [-0.1, -0.05) is 6.07 Å². The van der Waals surface area contributed by atoms with Gasteiger partial charge in [0.05, 0.1) is 17.6 Å². The van der Waals surface area contributed by atoms with Crippen LogP contribution in [0.2, 0.25) is 0 Å². The molecule has 0 spiro atoms. The molecule has 3 rings (SSSR count). The molecule has 6 nitrogen and oxygen atoms in total. The van der Waals surface area contributed by atoms with Gasteiger partial charge < -0.3 is 9.88 Å². The fraction of sp³-hybridized carbons (Fsp3) is 0.222. The van der Waals surface area contributed by atoms with Gasteiger partial charge >= 0.3 is 0 Å². The molecular weight excluding hydrogens is 304 g/mol. The second-order valence-electron chi connectivity index (χ2n) is 5.49. The molecule has 0 aromatic carbocycles. The highest BCUT2D eigenvalue weighted by Crippen LogP contribution is 2.11. The molecular formula is C18H18N4O2. The standard InChI is InChI=1S/C18H18N4O2/c1-3-22-11-15(16(23)14-8-7-12(2)21-17(14)22)18(24)20-10-13-6-4-5-9-19-13/h4-9,11H,3,10H2,1-2H3,(H,20,24). The first-order valence-electron chi connectivity index (χ1n) is 7.79. The number of hydrogen-bond donors (Lipinski definition) is 1. The van der Waals surface area contributed by atoms with E-state index in [0.29, 0.717) is 17.6 Å². The molecule has 0 atom stereocenters. The number of carbonyl (C=O) groups excluding carboxylic acids is 1. The van der Waals surface area contributed by atoms with E-state index in [9.17, 15) is 9.59 Å². The van der Waals surface area contributed by atoms with Crippen LogP contribution < -0.4 is 10.7 Å². The minimum atomic E-state index is -0.407. The monoisotopic (exact) mass is 322 g/mol. The summed E-state index contributed by atoms with van der Waals surface area (Å²) in [6, 6.07) is 8.98. The Kier molecular flexibility index (Phi) is 4.37. The van der Waals surface area contributed by atoms with Crippen LogP contribution in [-0.2, 0) is 13.1 Å². The maximum atomic E-state index is 12.6. The molecule has 0 bridgehead atoms. The van der Waals surface area contributed by atoms with E-state index >= 15 is 0 Å². The third-order valence-electron chi connectivity index (χ3n) is 3.80. The summed E-state index contributed by atoms with van der Waals surface area (Å²) in [5.74, 6) is -0.407. The number of fused-ring (bicyclic) bond motifs is 1. The Morgan fingerprint density at radius 1 is 1.25 bits per heavy atom. The molecule has 0 saturated heterocycles. The maximum absolute atomic E-state index is 12.6. The number of hydrogen-bond acceptors (Lipinski definition) is 4. The molecule has 1 amide bonds. The van der Waals surface area contributed by atoms with E-state index in [2.05, 4.69) is 15.3 Å². The van der Waals surface area contributed by atoms with E-state index in [0.717, 1.165) is 11.4 Å². The van der Waals surface area contributed by atoms with Crippen molar-refractivity contribution in [1.82, 2.24) is 19.9 Å². The van der Waals surface area contributed by atoms with E-state index in [1.165, 1.54) is 0 Å². The molecule has 0 aliphatic rings. The highest BCUT2D eigenvalue weighted by atomic mass is 16.2. The second kappa shape index (κ2) is 6.62. The topological polar surface area (TPSA) is 76.9 Å². The summed E-state index contributed by atoms with van der Waals surface area (Å²) in [6.07, 6.45) is 3.24. The van der Waals surface area contributed by atoms with Gasteiger partial charge in [0.1, 0.15) is 11.2 Å². The lowest BCUT2D eigenvalue weighted by Gasteiger charge is -2.11. The number of aromatic nitrogens is 3. The Morgan fingerprint density at radius 3 is 2.79 bits per heavy atom. The quantitative estimate of drug-likeness (QED) is 0.797. The van der Waals surface area contributed by atoms with Crippen molar-refractivity contribution in [2.45, 2.75) is 26.9 Å². The Morgan fingerprint density at radius 2 is 2.08 bits per heavy atom. The fourth-order valence-electron chi connectivity index (χ4n) is 2.53. The predicted octanol–water partition coefficient (Wildman–Crippen LogP) is 2.05. The molecule has 0 aliphatic carbocycles. The molecule has 122 valence electrons. The van der Waals surface area contributed by atoms with Crippen LogP contribution in [0.1, 0.15) is 28.7 Å². The first-order valence-corrected chi connectivity index (χ1v) is 7.79. The first-order chi connectivity index (χ1) is 11.6. The Balaban J connectivity index is 1.97. The highest BCUT2D eigenvalue weighted by Gasteiger charge is 2.15. The zero-order valence-electron chi connectivity index (χ0n) is 13.6. The van der Waals surface area contributed by atoms with Crippen LogP contribution in [0.3, 0.4) is 0 Å². The number of nitrogens with zero attached hydrogens (tertiary/aromatic N) is 3. The summed E-state index contributed by atoms with van der Waals surface area (Å²) in [5, 5.41) is 3.20. The van der Waals surface area contributed by atoms with Crippen molar-refractivity contribution < 1.29 is 4.79 Å². The number of nitrogens with one attached hydrogen (secondary N) is 1. The number of carbonyl (C=O) groups is 1. The Bertz CT molecular complexity index is 948. The zero-order chi connectivity index (χ0) is 17.1. The molecule has 3 heterocycles. The summed E-state index contributed by atoms with van der Waals surface area (Å²) in [4.78, 5) is 33.7. The number of pyridine rings is 3. The molecule has 1 N–H and O–H groups in total. The van der Waals surface area contributed by atoms with Crippen molar-refractivity contribution in [3.8, 4) is 0 Å². The molecule has 0 aliphatic heterocycles. The third kappa shape index (κ3) is 3.03. The average molecular weight is 322 g/mol. The van der Waals surface area contributed by atoms with Crippen LogP contribution in [-0.4, -0.2) is 20.4 Å². The molecule has 24 heavy (non-hydrogen) atoms. The summed E-state index contributed by atoms with van der Waals surface area (Å²) in [6.45, 7) is 4.71. The van der Waals surface area contributed by atoms with E-state index in [4.69, 9.17) is 0 Å². The summed E-state index contributed by atoms with van der Waals surface area (Å²) in [5.41, 5.74) is 1.98. The van der Waals surface area contributed by atoms with E-state index in [1.807, 2.05) is 36.6 Å². The SMILES string of the molecule is CCn1cc(C(=O)NCc2ccccn2)c(=O)c2ccc(C)nc21. The van der Waals surface area contributed by atoms with Crippen molar-refractivity contribution in [3.63, 3.8) is 0 Å². The average Bonchev–Trinajstić information content (AvgIpc) is 2.61. The molecule has 3 aromatic rings. The number of rotatable bonds is 4. The van der Waals surface area contributed by atoms with Gasteiger partial charge in [0.2, 0.25) is 5.43 Å². The normalized spacial score (nSPS) is 10.8. The molecule has 6 heteroatoms. The van der Waals surface area contributed by atoms with Gasteiger partial charge in [-0.2, -0.15) is 0 Å². The van der Waals surface area contributed by atoms with Gasteiger partial charge in [0.25, 0.3) is 5.91 Å². The van der Waals surface area contributed by atoms with Gasteiger partial charge in [0, 0.05) is 24.6 Å². The van der Waals surface area contributed by atoms with Crippen molar-refractivity contribution in [1.29, 1.82) is 0 Å². The van der Waals surface area contributed by atoms with Crippen LogP contribution in [0.5, 0.6) is 0 Å². The van der Waals surface area contributed by atoms with E-state index in [1.54, 1.807) is 24.5 Å². The van der Waals surface area contributed by atoms with Gasteiger partial charge in [-0.15, -0.1) is 0 Å². The van der Waals surface area contributed by atoms with Crippen LogP contribution in [0, 0.1) is 6.92 Å². The minimum Gasteiger partial charge on any atom is -0.346 e. The fourth-order valence-corrected chi connectivity index (χ4v) is 2.53. The van der Waals surface area contributed by atoms with Gasteiger partial charge in [-0.05, 0) is 38.1 Å². The van der Waals surface area contributed by atoms with Crippen LogP contribution in [0.25, 0.3) is 11.0 Å². The van der Waals surface area contributed by atoms with Crippen molar-refractivity contribution >= 4 is 16.9 Å². The van der Waals surface area contributed by atoms with Crippen LogP contribution in [0.15, 0.2) is 47.5 Å². The molecule has 0 radical (unpaired) electrons. The smallest absolute Gasteiger partial charge is 0.257 e. The van der Waals surface area contributed by atoms with Gasteiger partial charge in [0.15, 0.2) is 0 Å².